The van der Waals surface area contributed by atoms with Crippen LogP contribution in [0.25, 0.3) is 0 Å². The van der Waals surface area contributed by atoms with Gasteiger partial charge in [-0.15, -0.1) is 0 Å². The second kappa shape index (κ2) is 9.28. The van der Waals surface area contributed by atoms with Crippen LogP contribution < -0.4 is 10.6 Å². The van der Waals surface area contributed by atoms with Gasteiger partial charge in [-0.2, -0.15) is 0 Å². The molecular formula is C15H23F2N3. The molecule has 0 aromatic heterocycles. The molecule has 0 atom stereocenters. The zero-order valence-electron chi connectivity index (χ0n) is 12.2. The normalized spacial score (nSPS) is 11.5. The number of guanidine groups is 1. The first kappa shape index (κ1) is 16.4. The lowest BCUT2D eigenvalue weighted by atomic mass is 10.1. The molecule has 0 aliphatic heterocycles. The number of hydrogen-bond acceptors (Lipinski definition) is 1. The summed E-state index contributed by atoms with van der Waals surface area (Å²) in [5, 5.41) is 6.28. The van der Waals surface area contributed by atoms with Crippen molar-refractivity contribution in [2.24, 2.45) is 4.99 Å². The number of rotatable bonds is 7. The van der Waals surface area contributed by atoms with Gasteiger partial charge in [0, 0.05) is 20.1 Å². The fourth-order valence-electron chi connectivity index (χ4n) is 1.86. The van der Waals surface area contributed by atoms with E-state index in [4.69, 9.17) is 0 Å². The Bertz CT molecular complexity index is 433. The van der Waals surface area contributed by atoms with Crippen LogP contribution in [-0.2, 0) is 6.42 Å². The molecule has 5 heteroatoms. The highest BCUT2D eigenvalue weighted by Crippen LogP contribution is 2.11. The Kier molecular flexibility index (Phi) is 7.62. The summed E-state index contributed by atoms with van der Waals surface area (Å²) in [7, 11) is 1.69. The SMILES string of the molecule is CCCCCNC(=NC)NCCc1cccc(F)c1F. The number of benzene rings is 1. The van der Waals surface area contributed by atoms with Crippen LogP contribution in [0.1, 0.15) is 31.7 Å². The fraction of sp³-hybridized carbons (Fsp3) is 0.533. The first-order valence-corrected chi connectivity index (χ1v) is 7.06. The van der Waals surface area contributed by atoms with Gasteiger partial charge in [-0.1, -0.05) is 31.9 Å². The van der Waals surface area contributed by atoms with Crippen LogP contribution >= 0.6 is 0 Å². The number of aliphatic imine (C=N–C) groups is 1. The van der Waals surface area contributed by atoms with Crippen molar-refractivity contribution < 1.29 is 8.78 Å². The lowest BCUT2D eigenvalue weighted by molar-refractivity contribution is 0.498. The van der Waals surface area contributed by atoms with E-state index in [0.29, 0.717) is 24.5 Å². The van der Waals surface area contributed by atoms with Crippen molar-refractivity contribution in [3.8, 4) is 0 Å². The Labute approximate surface area is 119 Å². The average molecular weight is 283 g/mol. The molecule has 20 heavy (non-hydrogen) atoms. The standard InChI is InChI=1S/C15H23F2N3/c1-3-4-5-10-19-15(18-2)20-11-9-12-7-6-8-13(16)14(12)17/h6-8H,3-5,9-11H2,1-2H3,(H2,18,19,20). The minimum atomic E-state index is -0.801. The quantitative estimate of drug-likeness (QED) is 0.458. The number of nitrogens with one attached hydrogen (secondary N) is 2. The Balaban J connectivity index is 2.33. The van der Waals surface area contributed by atoms with E-state index in [2.05, 4.69) is 22.5 Å². The monoisotopic (exact) mass is 283 g/mol. The second-order valence-corrected chi connectivity index (χ2v) is 4.60. The van der Waals surface area contributed by atoms with Crippen molar-refractivity contribution >= 4 is 5.96 Å². The first-order chi connectivity index (χ1) is 9.69. The van der Waals surface area contributed by atoms with Crippen LogP contribution in [0.5, 0.6) is 0 Å². The molecule has 1 aromatic carbocycles. The van der Waals surface area contributed by atoms with Gasteiger partial charge in [-0.05, 0) is 24.5 Å². The number of unbranched alkanes of at least 4 members (excludes halogenated alkanes) is 2. The largest absolute Gasteiger partial charge is 0.356 e. The highest BCUT2D eigenvalue weighted by Gasteiger charge is 2.07. The Morgan fingerprint density at radius 2 is 1.90 bits per heavy atom. The molecular weight excluding hydrogens is 260 g/mol. The van der Waals surface area contributed by atoms with Crippen molar-refractivity contribution in [3.05, 3.63) is 35.4 Å². The second-order valence-electron chi connectivity index (χ2n) is 4.60. The highest BCUT2D eigenvalue weighted by atomic mass is 19.2. The molecule has 0 fully saturated rings. The van der Waals surface area contributed by atoms with Crippen molar-refractivity contribution in [1.29, 1.82) is 0 Å². The van der Waals surface area contributed by atoms with Gasteiger partial charge in [0.25, 0.3) is 0 Å². The molecule has 0 heterocycles. The van der Waals surface area contributed by atoms with Gasteiger partial charge < -0.3 is 10.6 Å². The molecule has 0 unspecified atom stereocenters. The Morgan fingerprint density at radius 1 is 1.15 bits per heavy atom. The van der Waals surface area contributed by atoms with Crippen molar-refractivity contribution in [2.45, 2.75) is 32.6 Å². The van der Waals surface area contributed by atoms with Crippen LogP contribution in [0.2, 0.25) is 0 Å². The van der Waals surface area contributed by atoms with Gasteiger partial charge in [0.1, 0.15) is 0 Å². The molecule has 2 N–H and O–H groups in total. The van der Waals surface area contributed by atoms with Gasteiger partial charge in [0.05, 0.1) is 0 Å². The summed E-state index contributed by atoms with van der Waals surface area (Å²) in [5.74, 6) is -0.873. The predicted octanol–water partition coefficient (Wildman–Crippen LogP) is 2.86. The molecule has 0 saturated heterocycles. The molecule has 3 nitrogen and oxygen atoms in total. The van der Waals surface area contributed by atoms with Gasteiger partial charge in [0.15, 0.2) is 17.6 Å². The molecule has 0 bridgehead atoms. The summed E-state index contributed by atoms with van der Waals surface area (Å²) in [5.41, 5.74) is 0.374. The van der Waals surface area contributed by atoms with Crippen LogP contribution in [0.15, 0.2) is 23.2 Å². The molecule has 0 aliphatic carbocycles. The van der Waals surface area contributed by atoms with E-state index < -0.39 is 11.6 Å². The van der Waals surface area contributed by atoms with Crippen LogP contribution in [0, 0.1) is 11.6 Å². The third-order valence-electron chi connectivity index (χ3n) is 3.01. The third kappa shape index (κ3) is 5.55. The maximum Gasteiger partial charge on any atom is 0.190 e. The van der Waals surface area contributed by atoms with E-state index in [9.17, 15) is 8.78 Å². The van der Waals surface area contributed by atoms with Crippen LogP contribution in [-0.4, -0.2) is 26.1 Å². The van der Waals surface area contributed by atoms with E-state index in [1.54, 1.807) is 13.1 Å². The van der Waals surface area contributed by atoms with Crippen LogP contribution in [0.4, 0.5) is 8.78 Å². The van der Waals surface area contributed by atoms with Crippen LogP contribution in [0.3, 0.4) is 0 Å². The summed E-state index contributed by atoms with van der Waals surface area (Å²) in [6, 6.07) is 4.24. The third-order valence-corrected chi connectivity index (χ3v) is 3.01. The molecule has 0 spiro atoms. The van der Waals surface area contributed by atoms with Crippen molar-refractivity contribution in [2.75, 3.05) is 20.1 Å². The zero-order valence-corrected chi connectivity index (χ0v) is 12.2. The number of hydrogen-bond donors (Lipinski definition) is 2. The summed E-state index contributed by atoms with van der Waals surface area (Å²) in [6.45, 7) is 3.52. The average Bonchev–Trinajstić information content (AvgIpc) is 2.46. The van der Waals surface area contributed by atoms with Gasteiger partial charge in [0.2, 0.25) is 0 Å². The zero-order chi connectivity index (χ0) is 14.8. The van der Waals surface area contributed by atoms with Gasteiger partial charge >= 0.3 is 0 Å². The summed E-state index contributed by atoms with van der Waals surface area (Å²) >= 11 is 0. The van der Waals surface area contributed by atoms with E-state index in [0.717, 1.165) is 19.0 Å². The van der Waals surface area contributed by atoms with E-state index in [1.807, 2.05) is 0 Å². The molecule has 0 radical (unpaired) electrons. The van der Waals surface area contributed by atoms with Crippen molar-refractivity contribution in [3.63, 3.8) is 0 Å². The van der Waals surface area contributed by atoms with E-state index >= 15 is 0 Å². The molecule has 1 rings (SSSR count). The molecule has 112 valence electrons. The van der Waals surface area contributed by atoms with E-state index in [-0.39, 0.29) is 0 Å². The maximum atomic E-state index is 13.4. The van der Waals surface area contributed by atoms with Gasteiger partial charge in [-0.3, -0.25) is 4.99 Å². The molecule has 0 saturated carbocycles. The fourth-order valence-corrected chi connectivity index (χ4v) is 1.86. The Morgan fingerprint density at radius 3 is 2.60 bits per heavy atom. The van der Waals surface area contributed by atoms with E-state index in [1.165, 1.54) is 18.9 Å². The molecule has 0 amide bonds. The highest BCUT2D eigenvalue weighted by molar-refractivity contribution is 5.79. The minimum Gasteiger partial charge on any atom is -0.356 e. The lowest BCUT2D eigenvalue weighted by Gasteiger charge is -2.12. The molecule has 1 aromatic rings. The number of nitrogens with zero attached hydrogens (tertiary/aromatic N) is 1. The maximum absolute atomic E-state index is 13.4. The Hall–Kier alpha value is -1.65. The summed E-state index contributed by atoms with van der Waals surface area (Å²) in [4.78, 5) is 4.08. The summed E-state index contributed by atoms with van der Waals surface area (Å²) < 4.78 is 26.5. The smallest absolute Gasteiger partial charge is 0.190 e. The predicted molar refractivity (Wildman–Crippen MR) is 79.0 cm³/mol. The first-order valence-electron chi connectivity index (χ1n) is 7.06. The lowest BCUT2D eigenvalue weighted by Crippen LogP contribution is -2.38. The minimum absolute atomic E-state index is 0.374. The molecule has 0 aliphatic rings. The summed E-state index contributed by atoms with van der Waals surface area (Å²) in [6.07, 6.45) is 3.86. The van der Waals surface area contributed by atoms with Crippen molar-refractivity contribution in [1.82, 2.24) is 10.6 Å². The van der Waals surface area contributed by atoms with Gasteiger partial charge in [-0.25, -0.2) is 8.78 Å². The topological polar surface area (TPSA) is 36.4 Å². The number of halogens is 2.